The first kappa shape index (κ1) is 17.9. The van der Waals surface area contributed by atoms with Crippen molar-refractivity contribution < 1.29 is 13.2 Å². The maximum atomic E-state index is 11.6. The largest absolute Gasteiger partial charge is 0.497 e. The molecule has 0 amide bonds. The van der Waals surface area contributed by atoms with E-state index in [0.717, 1.165) is 49.7 Å². The number of hydrogen-bond acceptors (Lipinski definition) is 5. The molecule has 0 aliphatic carbocycles. The third-order valence-corrected chi connectivity index (χ3v) is 5.65. The molecule has 0 unspecified atom stereocenters. The van der Waals surface area contributed by atoms with Gasteiger partial charge in [0.25, 0.3) is 0 Å². The second-order valence-electron chi connectivity index (χ2n) is 6.75. The van der Waals surface area contributed by atoms with Crippen LogP contribution in [0.5, 0.6) is 5.75 Å². The summed E-state index contributed by atoms with van der Waals surface area (Å²) in [6.45, 7) is 2.51. The molecule has 3 rings (SSSR count). The van der Waals surface area contributed by atoms with Crippen LogP contribution in [0.4, 0.5) is 0 Å². The van der Waals surface area contributed by atoms with E-state index in [-0.39, 0.29) is 11.7 Å². The number of imidazole rings is 1. The van der Waals surface area contributed by atoms with Gasteiger partial charge in [0.1, 0.15) is 21.4 Å². The molecule has 0 bridgehead atoms. The second kappa shape index (κ2) is 7.58. The van der Waals surface area contributed by atoms with Crippen LogP contribution >= 0.6 is 0 Å². The standard InChI is InChI=1S/C18H25N3O3S/c1-24-17-7-5-16(6-8-17)21-11-9-19-18(21)13-20-10-3-4-15(12-20)14-25(2,22)23/h5-9,11,15H,3-4,10,12-14H2,1-2H3/t15-/m0/s1. The van der Waals surface area contributed by atoms with Crippen molar-refractivity contribution in [2.75, 3.05) is 32.2 Å². The molecule has 1 aromatic carbocycles. The molecule has 2 aromatic rings. The lowest BCUT2D eigenvalue weighted by molar-refractivity contribution is 0.173. The summed E-state index contributed by atoms with van der Waals surface area (Å²) >= 11 is 0. The zero-order chi connectivity index (χ0) is 17.9. The molecule has 2 heterocycles. The smallest absolute Gasteiger partial charge is 0.147 e. The summed E-state index contributed by atoms with van der Waals surface area (Å²) in [7, 11) is -1.27. The van der Waals surface area contributed by atoms with Gasteiger partial charge in [0, 0.05) is 30.9 Å². The third-order valence-electron chi connectivity index (χ3n) is 4.57. The summed E-state index contributed by atoms with van der Waals surface area (Å²) < 4.78 is 30.4. The highest BCUT2D eigenvalue weighted by Crippen LogP contribution is 2.21. The van der Waals surface area contributed by atoms with E-state index >= 15 is 0 Å². The van der Waals surface area contributed by atoms with Crippen LogP contribution in [0.3, 0.4) is 0 Å². The summed E-state index contributed by atoms with van der Waals surface area (Å²) in [4.78, 5) is 6.81. The van der Waals surface area contributed by atoms with Gasteiger partial charge in [-0.3, -0.25) is 4.90 Å². The van der Waals surface area contributed by atoms with Crippen molar-refractivity contribution in [3.8, 4) is 11.4 Å². The summed E-state index contributed by atoms with van der Waals surface area (Å²) in [5.41, 5.74) is 1.04. The zero-order valence-corrected chi connectivity index (χ0v) is 15.6. The molecule has 25 heavy (non-hydrogen) atoms. The van der Waals surface area contributed by atoms with Crippen LogP contribution in [0.1, 0.15) is 18.7 Å². The molecular formula is C18H25N3O3S. The average Bonchev–Trinajstić information content (AvgIpc) is 3.02. The van der Waals surface area contributed by atoms with Crippen LogP contribution in [0.25, 0.3) is 5.69 Å². The molecule has 136 valence electrons. The first-order valence-corrected chi connectivity index (χ1v) is 10.6. The predicted molar refractivity (Wildman–Crippen MR) is 97.8 cm³/mol. The molecular weight excluding hydrogens is 338 g/mol. The minimum atomic E-state index is -2.93. The van der Waals surface area contributed by atoms with E-state index in [1.54, 1.807) is 13.3 Å². The summed E-state index contributed by atoms with van der Waals surface area (Å²) in [5, 5.41) is 0. The van der Waals surface area contributed by atoms with Crippen LogP contribution in [0.2, 0.25) is 0 Å². The molecule has 1 saturated heterocycles. The summed E-state index contributed by atoms with van der Waals surface area (Å²) in [5.74, 6) is 2.28. The van der Waals surface area contributed by atoms with Crippen LogP contribution in [-0.2, 0) is 16.4 Å². The molecule has 1 fully saturated rings. The molecule has 7 heteroatoms. The van der Waals surface area contributed by atoms with Crippen molar-refractivity contribution in [2.24, 2.45) is 5.92 Å². The van der Waals surface area contributed by atoms with E-state index in [1.165, 1.54) is 6.26 Å². The summed E-state index contributed by atoms with van der Waals surface area (Å²) in [6.07, 6.45) is 7.09. The van der Waals surface area contributed by atoms with Gasteiger partial charge in [-0.2, -0.15) is 0 Å². The number of methoxy groups -OCH3 is 1. The maximum Gasteiger partial charge on any atom is 0.147 e. The van der Waals surface area contributed by atoms with E-state index in [0.29, 0.717) is 0 Å². The Kier molecular flexibility index (Phi) is 5.44. The molecule has 1 aliphatic rings. The number of rotatable bonds is 6. The van der Waals surface area contributed by atoms with Gasteiger partial charge >= 0.3 is 0 Å². The molecule has 0 N–H and O–H groups in total. The van der Waals surface area contributed by atoms with Crippen LogP contribution in [-0.4, -0.2) is 55.1 Å². The molecule has 1 aromatic heterocycles. The Balaban J connectivity index is 1.70. The number of benzene rings is 1. The number of aromatic nitrogens is 2. The number of nitrogens with zero attached hydrogens (tertiary/aromatic N) is 3. The lowest BCUT2D eigenvalue weighted by Crippen LogP contribution is -2.38. The highest BCUT2D eigenvalue weighted by Gasteiger charge is 2.24. The fourth-order valence-electron chi connectivity index (χ4n) is 3.49. The van der Waals surface area contributed by atoms with E-state index in [9.17, 15) is 8.42 Å². The molecule has 6 nitrogen and oxygen atoms in total. The third kappa shape index (κ3) is 4.83. The molecule has 0 radical (unpaired) electrons. The highest BCUT2D eigenvalue weighted by molar-refractivity contribution is 7.90. The van der Waals surface area contributed by atoms with Crippen LogP contribution in [0, 0.1) is 5.92 Å². The summed E-state index contributed by atoms with van der Waals surface area (Å²) in [6, 6.07) is 7.88. The van der Waals surface area contributed by atoms with Gasteiger partial charge < -0.3 is 9.30 Å². The minimum absolute atomic E-state index is 0.216. The normalized spacial score (nSPS) is 19.0. The van der Waals surface area contributed by atoms with Crippen LogP contribution < -0.4 is 4.74 Å². The van der Waals surface area contributed by atoms with Gasteiger partial charge in [-0.1, -0.05) is 0 Å². The van der Waals surface area contributed by atoms with Gasteiger partial charge in [-0.15, -0.1) is 0 Å². The number of ether oxygens (including phenoxy) is 1. The first-order valence-electron chi connectivity index (χ1n) is 8.51. The number of likely N-dealkylation sites (tertiary alicyclic amines) is 1. The zero-order valence-electron chi connectivity index (χ0n) is 14.8. The molecule has 0 spiro atoms. The van der Waals surface area contributed by atoms with Crippen molar-refractivity contribution >= 4 is 9.84 Å². The Morgan fingerprint density at radius 3 is 2.72 bits per heavy atom. The fraction of sp³-hybridized carbons (Fsp3) is 0.500. The van der Waals surface area contributed by atoms with Crippen molar-refractivity contribution in [3.05, 3.63) is 42.5 Å². The Hall–Kier alpha value is -1.86. The maximum absolute atomic E-state index is 11.6. The molecule has 1 aliphatic heterocycles. The van der Waals surface area contributed by atoms with Gasteiger partial charge in [0.15, 0.2) is 0 Å². The topological polar surface area (TPSA) is 64.4 Å². The van der Waals surface area contributed by atoms with E-state index in [4.69, 9.17) is 4.74 Å². The van der Waals surface area contributed by atoms with Crippen molar-refractivity contribution in [2.45, 2.75) is 19.4 Å². The van der Waals surface area contributed by atoms with Gasteiger partial charge in [0.2, 0.25) is 0 Å². The number of sulfone groups is 1. The minimum Gasteiger partial charge on any atom is -0.497 e. The molecule has 0 saturated carbocycles. The van der Waals surface area contributed by atoms with Gasteiger partial charge in [-0.05, 0) is 49.6 Å². The second-order valence-corrected chi connectivity index (χ2v) is 8.93. The van der Waals surface area contributed by atoms with E-state index < -0.39 is 9.84 Å². The Morgan fingerprint density at radius 1 is 1.28 bits per heavy atom. The van der Waals surface area contributed by atoms with Crippen molar-refractivity contribution in [1.29, 1.82) is 0 Å². The number of piperidine rings is 1. The van der Waals surface area contributed by atoms with Gasteiger partial charge in [-0.25, -0.2) is 13.4 Å². The Labute approximate surface area is 149 Å². The molecule has 1 atom stereocenters. The Morgan fingerprint density at radius 2 is 2.04 bits per heavy atom. The SMILES string of the molecule is COc1ccc(-n2ccnc2CN2CCC[C@H](CS(C)(=O)=O)C2)cc1. The van der Waals surface area contributed by atoms with E-state index in [2.05, 4.69) is 14.5 Å². The average molecular weight is 363 g/mol. The quantitative estimate of drug-likeness (QED) is 0.787. The Bertz CT molecular complexity index is 799. The lowest BCUT2D eigenvalue weighted by Gasteiger charge is -2.32. The lowest BCUT2D eigenvalue weighted by atomic mass is 10.0. The highest BCUT2D eigenvalue weighted by atomic mass is 32.2. The number of hydrogen-bond donors (Lipinski definition) is 0. The van der Waals surface area contributed by atoms with Gasteiger partial charge in [0.05, 0.1) is 19.4 Å². The first-order chi connectivity index (χ1) is 11.9. The monoisotopic (exact) mass is 363 g/mol. The fourth-order valence-corrected chi connectivity index (χ4v) is 4.62. The predicted octanol–water partition coefficient (Wildman–Crippen LogP) is 2.14. The van der Waals surface area contributed by atoms with Crippen molar-refractivity contribution in [1.82, 2.24) is 14.5 Å². The van der Waals surface area contributed by atoms with Crippen molar-refractivity contribution in [3.63, 3.8) is 0 Å². The van der Waals surface area contributed by atoms with E-state index in [1.807, 2.05) is 30.5 Å². The van der Waals surface area contributed by atoms with Crippen LogP contribution in [0.15, 0.2) is 36.7 Å².